The average molecular weight is 461 g/mol. The molecular formula is EuI2LiO3+2. The van der Waals surface area contributed by atoms with Crippen molar-refractivity contribution in [3.8, 4) is 0 Å². The van der Waals surface area contributed by atoms with Gasteiger partial charge in [0.1, 0.15) is 0 Å². The molecule has 0 amide bonds. The van der Waals surface area contributed by atoms with E-state index < -0.39 is 21.1 Å². The molecule has 0 aliphatic rings. The second-order valence-electron chi connectivity index (χ2n) is 0.189. The number of halogens is 2. The summed E-state index contributed by atoms with van der Waals surface area (Å²) in [4.78, 5) is 0. The fourth-order valence-electron chi connectivity index (χ4n) is 0. The first kappa shape index (κ1) is 22.4. The molecule has 0 saturated heterocycles. The van der Waals surface area contributed by atoms with Gasteiger partial charge in [0, 0.05) is 0 Å². The third-order valence-corrected chi connectivity index (χ3v) is 0. The fourth-order valence-corrected chi connectivity index (χ4v) is 0. The summed E-state index contributed by atoms with van der Waals surface area (Å²) in [7, 11) is 0. The number of rotatable bonds is 0. The summed E-state index contributed by atoms with van der Waals surface area (Å²) in [6, 6.07) is 0. The summed E-state index contributed by atoms with van der Waals surface area (Å²) in [5, 5.41) is 0. The van der Waals surface area contributed by atoms with Gasteiger partial charge in [-0.15, -0.1) is 0 Å². The first-order chi connectivity index (χ1) is 1.73. The predicted molar refractivity (Wildman–Crippen MR) is 0 cm³/mol. The van der Waals surface area contributed by atoms with Gasteiger partial charge in [0.05, 0.1) is 0 Å². The van der Waals surface area contributed by atoms with Crippen molar-refractivity contribution in [3.63, 3.8) is 0 Å². The monoisotopic (exact) mass is 462 g/mol. The molecule has 0 aromatic heterocycles. The van der Waals surface area contributed by atoms with Gasteiger partial charge in [0.25, 0.3) is 21.1 Å². The van der Waals surface area contributed by atoms with Crippen LogP contribution in [-0.4, -0.2) is 0 Å². The predicted octanol–water partition coefficient (Wildman–Crippen LogP) is -12.6. The molecule has 0 aliphatic heterocycles. The van der Waals surface area contributed by atoms with Gasteiger partial charge < -0.3 is 34.3 Å². The van der Waals surface area contributed by atoms with Gasteiger partial charge in [0.15, 0.2) is 0 Å². The normalized spacial score (nSPS) is 5.14. The second-order valence-corrected chi connectivity index (χ2v) is 1.27. The molecule has 0 heterocycles. The van der Waals surface area contributed by atoms with Gasteiger partial charge >= 0.3 is 68.2 Å². The van der Waals surface area contributed by atoms with E-state index in [9.17, 15) is 0 Å². The quantitative estimate of drug-likeness (QED) is 0.266. The maximum atomic E-state index is 8.57. The minimum Gasteiger partial charge on any atom is -1.00 e. The first-order valence-electron chi connectivity index (χ1n) is 0.463. The van der Waals surface area contributed by atoms with Crippen molar-refractivity contribution in [3.05, 3.63) is 0 Å². The van der Waals surface area contributed by atoms with Gasteiger partial charge in [-0.1, -0.05) is 0 Å². The van der Waals surface area contributed by atoms with Crippen LogP contribution in [0.2, 0.25) is 0 Å². The molecular weight excluding hydrogens is 461 g/mol. The Kier molecular flexibility index (Phi) is 52.1. The molecule has 3 nitrogen and oxygen atoms in total. The van der Waals surface area contributed by atoms with E-state index in [4.69, 9.17) is 10.3 Å². The van der Waals surface area contributed by atoms with E-state index in [-0.39, 0.29) is 92.2 Å². The summed E-state index contributed by atoms with van der Waals surface area (Å²) in [5.41, 5.74) is 0. The van der Waals surface area contributed by atoms with E-state index in [0.29, 0.717) is 0 Å². The molecule has 0 bridgehead atoms. The van der Waals surface area contributed by atoms with Crippen molar-refractivity contribution in [1.82, 2.24) is 0 Å². The zero-order valence-electron chi connectivity index (χ0n) is 3.36. The van der Waals surface area contributed by atoms with Gasteiger partial charge in [-0.05, 0) is 0 Å². The van der Waals surface area contributed by atoms with Crippen LogP contribution in [0.5, 0.6) is 0 Å². The Balaban J connectivity index is -0.0000000150. The Morgan fingerprint density at radius 2 is 1.00 bits per heavy atom. The smallest absolute Gasteiger partial charge is 1.00 e. The minimum absolute atomic E-state index is 0. The molecule has 0 unspecified atom stereocenters. The Morgan fingerprint density at radius 1 is 1.00 bits per heavy atom. The van der Waals surface area contributed by atoms with Crippen LogP contribution in [0, 0.1) is 49.4 Å². The molecule has 0 aromatic rings. The summed E-state index contributed by atoms with van der Waals surface area (Å²) in [5.74, 6) is 0. The van der Waals surface area contributed by atoms with Crippen molar-refractivity contribution in [2.24, 2.45) is 0 Å². The summed E-state index contributed by atoms with van der Waals surface area (Å²) < 4.78 is 25.7. The zero-order valence-corrected chi connectivity index (χ0v) is 10.1. The van der Waals surface area contributed by atoms with Crippen molar-refractivity contribution in [2.75, 3.05) is 0 Å². The van der Waals surface area contributed by atoms with Crippen LogP contribution in [0.4, 0.5) is 0 Å². The third-order valence-electron chi connectivity index (χ3n) is 0. The second kappa shape index (κ2) is 16.3. The van der Waals surface area contributed by atoms with Gasteiger partial charge in [0.2, 0.25) is 0 Å². The van der Waals surface area contributed by atoms with E-state index in [1.54, 1.807) is 0 Å². The molecule has 0 rings (SSSR count). The Bertz CT molecular complexity index is 17.7. The molecule has 0 aromatic carbocycles. The molecule has 7 heavy (non-hydrogen) atoms. The van der Waals surface area contributed by atoms with E-state index in [2.05, 4.69) is 0 Å². The molecule has 38 valence electrons. The van der Waals surface area contributed by atoms with Crippen molar-refractivity contribution < 1.29 is 124 Å². The molecule has 0 aliphatic carbocycles. The van der Waals surface area contributed by atoms with E-state index >= 15 is 0 Å². The van der Waals surface area contributed by atoms with Gasteiger partial charge in [-0.25, -0.2) is 0 Å². The van der Waals surface area contributed by atoms with Crippen LogP contribution >= 0.6 is 0 Å². The van der Waals surface area contributed by atoms with Crippen molar-refractivity contribution >= 4 is 0 Å². The van der Waals surface area contributed by atoms with Crippen LogP contribution in [0.25, 0.3) is 0 Å². The molecule has 0 radical (unpaired) electrons. The molecule has 0 spiro atoms. The van der Waals surface area contributed by atoms with Crippen LogP contribution in [0.1, 0.15) is 0 Å². The molecule has 0 fully saturated rings. The van der Waals surface area contributed by atoms with Crippen LogP contribution in [0.15, 0.2) is 0 Å². The van der Waals surface area contributed by atoms with Gasteiger partial charge in [-0.2, -0.15) is 0 Å². The van der Waals surface area contributed by atoms with E-state index in [1.165, 1.54) is 0 Å². The van der Waals surface area contributed by atoms with Crippen molar-refractivity contribution in [2.45, 2.75) is 0 Å². The van der Waals surface area contributed by atoms with Crippen LogP contribution in [-0.2, 0) is 0 Å². The van der Waals surface area contributed by atoms with Gasteiger partial charge in [-0.3, -0.25) is 0 Å². The fraction of sp³-hybridized carbons (Fsp3) is 0. The number of hydrogen-bond acceptors (Lipinski definition) is 3. The summed E-state index contributed by atoms with van der Waals surface area (Å²) >= 11 is -4.01. The van der Waals surface area contributed by atoms with E-state index in [0.717, 1.165) is 0 Å². The molecule has 0 saturated carbocycles. The van der Waals surface area contributed by atoms with Crippen molar-refractivity contribution in [1.29, 1.82) is 0 Å². The Labute approximate surface area is 120 Å². The largest absolute Gasteiger partial charge is 3.00 e. The maximum Gasteiger partial charge on any atom is 3.00 e. The van der Waals surface area contributed by atoms with Crippen LogP contribution in [0.3, 0.4) is 0 Å². The minimum atomic E-state index is -4.01. The summed E-state index contributed by atoms with van der Waals surface area (Å²) in [6.45, 7) is 0. The van der Waals surface area contributed by atoms with Crippen LogP contribution < -0.4 is 74.2 Å². The zero-order chi connectivity index (χ0) is 3.58. The third kappa shape index (κ3) is 43.4. The SMILES string of the molecule is [Eu+3].[I-].[Li+].[O-][I+2]([O-])[O-]. The first-order valence-corrected chi connectivity index (χ1v) is 3.11. The molecule has 0 N–H and O–H groups in total. The Morgan fingerprint density at radius 3 is 1.00 bits per heavy atom. The standard InChI is InChI=1S/Eu.IO3.HI.Li/c;2-1(3)4;;/h;;1H;/q+3;-1;;+1/p-1. The molecule has 0 atom stereocenters. The molecule has 7 heteroatoms. The average Bonchev–Trinajstić information content (AvgIpc) is 0.811. The number of hydrogen-bond donors (Lipinski definition) is 0. The Hall–Kier alpha value is 3.52. The summed E-state index contributed by atoms with van der Waals surface area (Å²) in [6.07, 6.45) is 0. The topological polar surface area (TPSA) is 69.2 Å². The van der Waals surface area contributed by atoms with E-state index in [1.807, 2.05) is 0 Å². The maximum absolute atomic E-state index is 8.57.